The Hall–Kier alpha value is -1.25. The van der Waals surface area contributed by atoms with Gasteiger partial charge in [-0.1, -0.05) is 52.6 Å². The molecule has 0 unspecified atom stereocenters. The average molecular weight is 420 g/mol. The Morgan fingerprint density at radius 1 is 1.52 bits per heavy atom. The number of carbonyl (C=O) groups is 1. The van der Waals surface area contributed by atoms with E-state index in [1.54, 1.807) is 22.8 Å². The number of benzene rings is 1. The molecule has 6 nitrogen and oxygen atoms in total. The summed E-state index contributed by atoms with van der Waals surface area (Å²) in [5.41, 5.74) is 0.295. The van der Waals surface area contributed by atoms with Gasteiger partial charge in [0.15, 0.2) is 5.16 Å². The molecule has 9 heteroatoms. The summed E-state index contributed by atoms with van der Waals surface area (Å²) in [4.78, 5) is 23.7. The van der Waals surface area contributed by atoms with E-state index in [0.29, 0.717) is 22.4 Å². The smallest absolute Gasteiger partial charge is 0.324 e. The monoisotopic (exact) mass is 418 g/mol. The third kappa shape index (κ3) is 5.12. The van der Waals surface area contributed by atoms with Gasteiger partial charge in [-0.3, -0.25) is 9.36 Å². The molecular weight excluding hydrogens is 404 g/mol. The summed E-state index contributed by atoms with van der Waals surface area (Å²) >= 11 is 10.6. The Balaban J connectivity index is 1.95. The molecule has 0 bridgehead atoms. The molecule has 0 fully saturated rings. The molecule has 1 aromatic carbocycles. The summed E-state index contributed by atoms with van der Waals surface area (Å²) in [6, 6.07) is 5.23. The average Bonchev–Trinajstić information content (AvgIpc) is 2.86. The molecule has 0 spiro atoms. The normalized spacial score (nSPS) is 10.7. The van der Waals surface area contributed by atoms with E-state index < -0.39 is 0 Å². The maximum absolute atomic E-state index is 12.0. The Bertz CT molecular complexity index is 747. The lowest BCUT2D eigenvalue weighted by Gasteiger charge is -2.08. The topological polar surface area (TPSA) is 79.8 Å². The number of aromatic amines is 1. The van der Waals surface area contributed by atoms with E-state index >= 15 is 0 Å². The van der Waals surface area contributed by atoms with Crippen LogP contribution in [-0.2, 0) is 11.3 Å². The number of hydrogen-bond donors (Lipinski definition) is 2. The Morgan fingerprint density at radius 2 is 2.30 bits per heavy atom. The SMILES string of the molecule is CCCCn1c(SCC(=O)Nc2ccc(Br)cc2Cl)n[nH]c1=O. The number of halogens is 2. The largest absolute Gasteiger partial charge is 0.343 e. The highest BCUT2D eigenvalue weighted by atomic mass is 79.9. The third-order valence-corrected chi connectivity index (χ3v) is 4.78. The second kappa shape index (κ2) is 8.56. The first-order valence-electron chi connectivity index (χ1n) is 7.04. The predicted octanol–water partition coefficient (Wildman–Crippen LogP) is 3.52. The molecule has 124 valence electrons. The molecule has 0 radical (unpaired) electrons. The van der Waals surface area contributed by atoms with E-state index in [9.17, 15) is 9.59 Å². The summed E-state index contributed by atoms with van der Waals surface area (Å²) in [6.45, 7) is 2.64. The Morgan fingerprint density at radius 3 is 3.00 bits per heavy atom. The highest BCUT2D eigenvalue weighted by molar-refractivity contribution is 9.10. The van der Waals surface area contributed by atoms with Crippen molar-refractivity contribution in [3.63, 3.8) is 0 Å². The van der Waals surface area contributed by atoms with Crippen molar-refractivity contribution in [2.24, 2.45) is 0 Å². The molecule has 0 aliphatic heterocycles. The zero-order chi connectivity index (χ0) is 16.8. The minimum absolute atomic E-state index is 0.142. The molecule has 2 N–H and O–H groups in total. The van der Waals surface area contributed by atoms with Crippen LogP contribution in [0.15, 0.2) is 32.6 Å². The number of hydrogen-bond acceptors (Lipinski definition) is 4. The van der Waals surface area contributed by atoms with E-state index in [2.05, 4.69) is 31.4 Å². The van der Waals surface area contributed by atoms with Gasteiger partial charge < -0.3 is 5.32 Å². The van der Waals surface area contributed by atoms with Crippen LogP contribution in [0.2, 0.25) is 5.02 Å². The highest BCUT2D eigenvalue weighted by Gasteiger charge is 2.12. The lowest BCUT2D eigenvalue weighted by atomic mass is 10.3. The minimum Gasteiger partial charge on any atom is -0.324 e. The van der Waals surface area contributed by atoms with Gasteiger partial charge >= 0.3 is 5.69 Å². The van der Waals surface area contributed by atoms with E-state index in [1.165, 1.54) is 11.8 Å². The van der Waals surface area contributed by atoms with Crippen molar-refractivity contribution in [2.45, 2.75) is 31.5 Å². The molecule has 0 aliphatic carbocycles. The molecule has 0 atom stereocenters. The minimum atomic E-state index is -0.252. The van der Waals surface area contributed by atoms with Crippen molar-refractivity contribution < 1.29 is 4.79 Å². The van der Waals surface area contributed by atoms with Gasteiger partial charge in [-0.2, -0.15) is 0 Å². The molecule has 2 aromatic rings. The second-order valence-corrected chi connectivity index (χ2v) is 7.04. The number of nitrogens with one attached hydrogen (secondary N) is 2. The maximum atomic E-state index is 12.0. The van der Waals surface area contributed by atoms with Gasteiger partial charge in [0.25, 0.3) is 0 Å². The number of nitrogens with zero attached hydrogens (tertiary/aromatic N) is 2. The third-order valence-electron chi connectivity index (χ3n) is 3.00. The van der Waals surface area contributed by atoms with Gasteiger partial charge in [0.2, 0.25) is 5.91 Å². The summed E-state index contributed by atoms with van der Waals surface area (Å²) in [5.74, 6) is -0.0697. The van der Waals surface area contributed by atoms with Gasteiger partial charge in [0.05, 0.1) is 16.5 Å². The van der Waals surface area contributed by atoms with Crippen LogP contribution in [0.3, 0.4) is 0 Å². The zero-order valence-corrected chi connectivity index (χ0v) is 15.6. The fourth-order valence-electron chi connectivity index (χ4n) is 1.83. The lowest BCUT2D eigenvalue weighted by molar-refractivity contribution is -0.113. The highest BCUT2D eigenvalue weighted by Crippen LogP contribution is 2.26. The molecule has 1 heterocycles. The van der Waals surface area contributed by atoms with Gasteiger partial charge in [0.1, 0.15) is 0 Å². The van der Waals surface area contributed by atoms with Crippen molar-refractivity contribution >= 4 is 50.9 Å². The van der Waals surface area contributed by atoms with Crippen LogP contribution in [0.5, 0.6) is 0 Å². The molecule has 1 amide bonds. The standard InChI is InChI=1S/C14H16BrClN4O2S/c1-2-3-6-20-13(22)18-19-14(20)23-8-12(21)17-11-5-4-9(15)7-10(11)16/h4-5,7H,2-3,6,8H2,1H3,(H,17,21)(H,18,22). The van der Waals surface area contributed by atoms with E-state index in [-0.39, 0.29) is 17.3 Å². The molecule has 1 aromatic heterocycles. The number of aromatic nitrogens is 3. The number of amides is 1. The quantitative estimate of drug-likeness (QED) is 0.673. The van der Waals surface area contributed by atoms with Gasteiger partial charge in [-0.15, -0.1) is 5.10 Å². The summed E-state index contributed by atoms with van der Waals surface area (Å²) in [7, 11) is 0. The van der Waals surface area contributed by atoms with Gasteiger partial charge in [-0.05, 0) is 24.6 Å². The maximum Gasteiger partial charge on any atom is 0.343 e. The number of unbranched alkanes of at least 4 members (excludes halogenated alkanes) is 1. The van der Waals surface area contributed by atoms with Crippen LogP contribution in [0.1, 0.15) is 19.8 Å². The molecule has 23 heavy (non-hydrogen) atoms. The van der Waals surface area contributed by atoms with E-state index in [0.717, 1.165) is 17.3 Å². The Kier molecular flexibility index (Phi) is 6.73. The van der Waals surface area contributed by atoms with Crippen LogP contribution >= 0.6 is 39.3 Å². The first kappa shape index (κ1) is 18.1. The van der Waals surface area contributed by atoms with Crippen LogP contribution < -0.4 is 11.0 Å². The number of rotatable bonds is 7. The van der Waals surface area contributed by atoms with E-state index in [1.807, 2.05) is 6.92 Å². The number of carbonyl (C=O) groups excluding carboxylic acids is 1. The van der Waals surface area contributed by atoms with Crippen molar-refractivity contribution in [1.82, 2.24) is 14.8 Å². The number of anilines is 1. The van der Waals surface area contributed by atoms with Crippen LogP contribution in [-0.4, -0.2) is 26.4 Å². The molecular formula is C14H16BrClN4O2S. The molecule has 0 saturated carbocycles. The van der Waals surface area contributed by atoms with Crippen molar-refractivity contribution in [3.8, 4) is 0 Å². The fourth-order valence-corrected chi connectivity index (χ4v) is 3.33. The molecule has 0 aliphatic rings. The molecule has 2 rings (SSSR count). The van der Waals surface area contributed by atoms with E-state index in [4.69, 9.17) is 11.6 Å². The first-order valence-corrected chi connectivity index (χ1v) is 9.19. The van der Waals surface area contributed by atoms with Crippen LogP contribution in [0, 0.1) is 0 Å². The second-order valence-electron chi connectivity index (χ2n) is 4.78. The molecule has 0 saturated heterocycles. The van der Waals surface area contributed by atoms with Crippen LogP contribution in [0.25, 0.3) is 0 Å². The number of thioether (sulfide) groups is 1. The summed E-state index contributed by atoms with van der Waals surface area (Å²) in [6.07, 6.45) is 1.86. The van der Waals surface area contributed by atoms with Gasteiger partial charge in [-0.25, -0.2) is 9.89 Å². The van der Waals surface area contributed by atoms with Crippen LogP contribution in [0.4, 0.5) is 5.69 Å². The summed E-state index contributed by atoms with van der Waals surface area (Å²) in [5, 5.41) is 10.1. The lowest BCUT2D eigenvalue weighted by Crippen LogP contribution is -2.19. The summed E-state index contributed by atoms with van der Waals surface area (Å²) < 4.78 is 2.39. The zero-order valence-electron chi connectivity index (χ0n) is 12.4. The van der Waals surface area contributed by atoms with Crippen molar-refractivity contribution in [2.75, 3.05) is 11.1 Å². The fraction of sp³-hybridized carbons (Fsp3) is 0.357. The first-order chi connectivity index (χ1) is 11.0. The predicted molar refractivity (Wildman–Crippen MR) is 96.3 cm³/mol. The van der Waals surface area contributed by atoms with Crippen molar-refractivity contribution in [1.29, 1.82) is 0 Å². The Labute approximate surface area is 151 Å². The number of H-pyrrole nitrogens is 1. The van der Waals surface area contributed by atoms with Crippen molar-refractivity contribution in [3.05, 3.63) is 38.2 Å². The van der Waals surface area contributed by atoms with Gasteiger partial charge in [0, 0.05) is 11.0 Å².